The zero-order valence-corrected chi connectivity index (χ0v) is 16.8. The molecule has 29 heavy (non-hydrogen) atoms. The van der Waals surface area contributed by atoms with Crippen LogP contribution in [0, 0.1) is 0 Å². The maximum Gasteiger partial charge on any atom is 0.291 e. The van der Waals surface area contributed by atoms with Crippen LogP contribution in [0.25, 0.3) is 11.0 Å². The maximum absolute atomic E-state index is 13.4. The van der Waals surface area contributed by atoms with Crippen molar-refractivity contribution >= 4 is 32.8 Å². The van der Waals surface area contributed by atoms with E-state index in [1.807, 2.05) is 36.4 Å². The number of aromatic nitrogens is 1. The van der Waals surface area contributed by atoms with Crippen LogP contribution in [-0.4, -0.2) is 15.8 Å². The Morgan fingerprint density at radius 2 is 1.79 bits per heavy atom. The van der Waals surface area contributed by atoms with E-state index in [2.05, 4.69) is 20.9 Å². The molecule has 1 amide bonds. The molecule has 0 saturated heterocycles. The van der Waals surface area contributed by atoms with Gasteiger partial charge in [0.05, 0.1) is 17.0 Å². The second kappa shape index (κ2) is 6.97. The molecule has 0 unspecified atom stereocenters. The first-order valence-electron chi connectivity index (χ1n) is 9.14. The quantitative estimate of drug-likeness (QED) is 0.457. The number of fused-ring (bicyclic) bond motifs is 2. The van der Waals surface area contributed by atoms with Gasteiger partial charge in [0, 0.05) is 23.4 Å². The number of para-hydroxylation sites is 1. The molecule has 1 aliphatic rings. The molecule has 5 nitrogen and oxygen atoms in total. The third-order valence-corrected chi connectivity index (χ3v) is 5.63. The lowest BCUT2D eigenvalue weighted by molar-refractivity contribution is 0.0714. The normalized spacial score (nSPS) is 15.7. The number of nitrogens with zero attached hydrogens (tertiary/aromatic N) is 2. The summed E-state index contributed by atoms with van der Waals surface area (Å²) in [5, 5.41) is 0.477. The van der Waals surface area contributed by atoms with Crippen molar-refractivity contribution in [3.05, 3.63) is 110 Å². The minimum Gasteiger partial charge on any atom is -0.450 e. The molecule has 0 aliphatic carbocycles. The zero-order valence-electron chi connectivity index (χ0n) is 15.2. The molecule has 142 valence electrons. The Bertz CT molecular complexity index is 1300. The molecule has 4 aromatic rings. The first-order valence-corrected chi connectivity index (χ1v) is 9.94. The van der Waals surface area contributed by atoms with Crippen molar-refractivity contribution in [3.8, 4) is 0 Å². The number of hydrogen-bond acceptors (Lipinski definition) is 4. The fourth-order valence-electron chi connectivity index (χ4n) is 3.84. The van der Waals surface area contributed by atoms with Crippen LogP contribution >= 0.6 is 15.9 Å². The lowest BCUT2D eigenvalue weighted by atomic mass is 9.98. The molecule has 5 rings (SSSR count). The van der Waals surface area contributed by atoms with E-state index in [9.17, 15) is 9.59 Å². The number of rotatable bonds is 3. The minimum atomic E-state index is -0.524. The van der Waals surface area contributed by atoms with Crippen LogP contribution in [0.3, 0.4) is 0 Å². The van der Waals surface area contributed by atoms with Crippen molar-refractivity contribution in [3.63, 3.8) is 0 Å². The van der Waals surface area contributed by atoms with Crippen molar-refractivity contribution in [2.24, 2.45) is 0 Å². The van der Waals surface area contributed by atoms with E-state index >= 15 is 0 Å². The van der Waals surface area contributed by atoms with Gasteiger partial charge >= 0.3 is 0 Å². The van der Waals surface area contributed by atoms with Gasteiger partial charge in [-0.15, -0.1) is 0 Å². The van der Waals surface area contributed by atoms with Gasteiger partial charge in [0.2, 0.25) is 5.76 Å². The van der Waals surface area contributed by atoms with Gasteiger partial charge in [-0.3, -0.25) is 14.6 Å². The van der Waals surface area contributed by atoms with E-state index < -0.39 is 6.04 Å². The van der Waals surface area contributed by atoms with Crippen molar-refractivity contribution < 1.29 is 9.21 Å². The molecular weight excluding hydrogens is 432 g/mol. The van der Waals surface area contributed by atoms with Gasteiger partial charge in [0.25, 0.3) is 5.91 Å². The predicted octanol–water partition coefficient (Wildman–Crippen LogP) is 4.70. The van der Waals surface area contributed by atoms with Gasteiger partial charge in [-0.25, -0.2) is 0 Å². The predicted molar refractivity (Wildman–Crippen MR) is 113 cm³/mol. The van der Waals surface area contributed by atoms with E-state index in [-0.39, 0.29) is 17.1 Å². The number of benzene rings is 2. The minimum absolute atomic E-state index is 0.118. The molecule has 0 bridgehead atoms. The number of halogens is 1. The maximum atomic E-state index is 13.4. The van der Waals surface area contributed by atoms with E-state index in [0.29, 0.717) is 23.1 Å². The first-order chi connectivity index (χ1) is 14.1. The summed E-state index contributed by atoms with van der Waals surface area (Å²) >= 11 is 3.50. The molecule has 1 aliphatic heterocycles. The standard InChI is InChI=1S/C23H15BrN2O3/c24-16-5-3-4-15(12-16)20-19-21(27)17-6-1-2-7-18(17)29-22(19)23(28)26(20)13-14-8-10-25-11-9-14/h1-12,20H,13H2/t20-/m1/s1. The van der Waals surface area contributed by atoms with Crippen LogP contribution in [-0.2, 0) is 6.54 Å². The van der Waals surface area contributed by atoms with Crippen LogP contribution in [0.4, 0.5) is 0 Å². The second-order valence-electron chi connectivity index (χ2n) is 6.92. The Balaban J connectivity index is 1.74. The molecule has 3 heterocycles. The lowest BCUT2D eigenvalue weighted by Crippen LogP contribution is -2.29. The molecule has 0 radical (unpaired) electrons. The number of hydrogen-bond donors (Lipinski definition) is 0. The van der Waals surface area contributed by atoms with Crippen LogP contribution in [0.1, 0.15) is 33.3 Å². The molecule has 1 atom stereocenters. The Labute approximate surface area is 174 Å². The highest BCUT2D eigenvalue weighted by Crippen LogP contribution is 2.39. The fraction of sp³-hybridized carbons (Fsp3) is 0.0870. The van der Waals surface area contributed by atoms with E-state index in [1.54, 1.807) is 41.6 Å². The third-order valence-electron chi connectivity index (χ3n) is 5.14. The van der Waals surface area contributed by atoms with Crippen LogP contribution in [0.15, 0.2) is 86.7 Å². The number of pyridine rings is 1. The summed E-state index contributed by atoms with van der Waals surface area (Å²) in [4.78, 5) is 32.4. The fourth-order valence-corrected chi connectivity index (χ4v) is 4.26. The summed E-state index contributed by atoms with van der Waals surface area (Å²) in [5.74, 6) is -0.169. The summed E-state index contributed by atoms with van der Waals surface area (Å²) in [6.07, 6.45) is 3.38. The number of carbonyl (C=O) groups excluding carboxylic acids is 1. The highest BCUT2D eigenvalue weighted by Gasteiger charge is 2.42. The highest BCUT2D eigenvalue weighted by atomic mass is 79.9. The van der Waals surface area contributed by atoms with E-state index in [1.165, 1.54) is 0 Å². The monoisotopic (exact) mass is 446 g/mol. The second-order valence-corrected chi connectivity index (χ2v) is 7.83. The number of carbonyl (C=O) groups is 1. The molecule has 2 aromatic carbocycles. The molecule has 0 saturated carbocycles. The Morgan fingerprint density at radius 1 is 1.00 bits per heavy atom. The van der Waals surface area contributed by atoms with Gasteiger partial charge in [-0.1, -0.05) is 40.2 Å². The van der Waals surface area contributed by atoms with Crippen molar-refractivity contribution in [2.75, 3.05) is 0 Å². The summed E-state index contributed by atoms with van der Waals surface area (Å²) in [5.41, 5.74) is 2.42. The Hall–Kier alpha value is -3.25. The van der Waals surface area contributed by atoms with Gasteiger partial charge in [-0.05, 0) is 47.5 Å². The first kappa shape index (κ1) is 17.8. The van der Waals surface area contributed by atoms with E-state index in [0.717, 1.165) is 15.6 Å². The van der Waals surface area contributed by atoms with E-state index in [4.69, 9.17) is 4.42 Å². The summed E-state index contributed by atoms with van der Waals surface area (Å²) in [7, 11) is 0. The molecule has 0 N–H and O–H groups in total. The average Bonchev–Trinajstić information content (AvgIpc) is 3.01. The highest BCUT2D eigenvalue weighted by molar-refractivity contribution is 9.10. The smallest absolute Gasteiger partial charge is 0.291 e. The van der Waals surface area contributed by atoms with Crippen molar-refractivity contribution in [2.45, 2.75) is 12.6 Å². The largest absolute Gasteiger partial charge is 0.450 e. The van der Waals surface area contributed by atoms with Crippen LogP contribution in [0.2, 0.25) is 0 Å². The molecular formula is C23H15BrN2O3. The summed E-state index contributed by atoms with van der Waals surface area (Å²) < 4.78 is 6.81. The third kappa shape index (κ3) is 2.96. The van der Waals surface area contributed by atoms with Gasteiger partial charge in [-0.2, -0.15) is 0 Å². The summed E-state index contributed by atoms with van der Waals surface area (Å²) in [6.45, 7) is 0.346. The SMILES string of the molecule is O=C1c2oc3ccccc3c(=O)c2[C@@H](c2cccc(Br)c2)N1Cc1ccncc1. The van der Waals surface area contributed by atoms with Gasteiger partial charge in [0.1, 0.15) is 5.58 Å². The van der Waals surface area contributed by atoms with Gasteiger partial charge < -0.3 is 9.32 Å². The van der Waals surface area contributed by atoms with Crippen LogP contribution in [0.5, 0.6) is 0 Å². The summed E-state index contributed by atoms with van der Waals surface area (Å²) in [6, 6.07) is 17.9. The van der Waals surface area contributed by atoms with Crippen LogP contribution < -0.4 is 5.43 Å². The number of amides is 1. The molecule has 0 spiro atoms. The zero-order chi connectivity index (χ0) is 20.0. The molecule has 6 heteroatoms. The topological polar surface area (TPSA) is 63.4 Å². The Morgan fingerprint density at radius 3 is 2.59 bits per heavy atom. The average molecular weight is 447 g/mol. The Kier molecular flexibility index (Phi) is 4.28. The lowest BCUT2D eigenvalue weighted by Gasteiger charge is -2.25. The van der Waals surface area contributed by atoms with Crippen molar-refractivity contribution in [1.29, 1.82) is 0 Å². The van der Waals surface area contributed by atoms with Crippen molar-refractivity contribution in [1.82, 2.24) is 9.88 Å². The van der Waals surface area contributed by atoms with Gasteiger partial charge in [0.15, 0.2) is 5.43 Å². The molecule has 2 aromatic heterocycles. The molecule has 0 fully saturated rings.